The normalized spacial score (nSPS) is 26.6. The molecule has 1 aromatic heterocycles. The Balaban J connectivity index is 2.06. The molecule has 2 heterocycles. The summed E-state index contributed by atoms with van der Waals surface area (Å²) in [5.41, 5.74) is 0.392. The van der Waals surface area contributed by atoms with Crippen molar-refractivity contribution in [1.29, 1.82) is 0 Å². The van der Waals surface area contributed by atoms with Crippen LogP contribution in [0.1, 0.15) is 34.1 Å². The number of rotatable bonds is 4. The van der Waals surface area contributed by atoms with Gasteiger partial charge in [0.15, 0.2) is 0 Å². The van der Waals surface area contributed by atoms with Crippen molar-refractivity contribution in [3.8, 4) is 0 Å². The Labute approximate surface area is 121 Å². The van der Waals surface area contributed by atoms with Crippen molar-refractivity contribution in [1.82, 2.24) is 14.8 Å². The van der Waals surface area contributed by atoms with Crippen LogP contribution in [0.25, 0.3) is 0 Å². The first-order valence-corrected chi connectivity index (χ1v) is 7.52. The lowest BCUT2D eigenvalue weighted by atomic mass is 9.88. The van der Waals surface area contributed by atoms with Crippen LogP contribution in [0.2, 0.25) is 0 Å². The van der Waals surface area contributed by atoms with Gasteiger partial charge in [0.2, 0.25) is 0 Å². The van der Waals surface area contributed by atoms with E-state index in [4.69, 9.17) is 0 Å². The zero-order valence-corrected chi connectivity index (χ0v) is 13.1. The highest BCUT2D eigenvalue weighted by Crippen LogP contribution is 2.25. The van der Waals surface area contributed by atoms with E-state index in [2.05, 4.69) is 37.9 Å². The molecule has 4 heteroatoms. The maximum absolute atomic E-state index is 11.8. The topological polar surface area (TPSA) is 37.3 Å². The van der Waals surface area contributed by atoms with Crippen LogP contribution in [-0.2, 0) is 6.54 Å². The highest BCUT2D eigenvalue weighted by atomic mass is 16.1. The van der Waals surface area contributed by atoms with Gasteiger partial charge in [0.25, 0.3) is 5.56 Å². The molecule has 1 fully saturated rings. The molecule has 0 radical (unpaired) electrons. The fourth-order valence-electron chi connectivity index (χ4n) is 2.73. The average molecular weight is 277 g/mol. The molecule has 0 amide bonds. The summed E-state index contributed by atoms with van der Waals surface area (Å²) in [6.45, 7) is 12.7. The van der Waals surface area contributed by atoms with Gasteiger partial charge in [-0.1, -0.05) is 13.0 Å². The minimum atomic E-state index is 0.0821. The van der Waals surface area contributed by atoms with E-state index in [-0.39, 0.29) is 16.6 Å². The van der Waals surface area contributed by atoms with Crippen LogP contribution in [0.5, 0.6) is 0 Å². The van der Waals surface area contributed by atoms with Gasteiger partial charge in [-0.3, -0.25) is 9.69 Å². The number of piperazine rings is 1. The number of pyridine rings is 1. The molecule has 0 aliphatic carbocycles. The van der Waals surface area contributed by atoms with E-state index in [1.165, 1.54) is 0 Å². The van der Waals surface area contributed by atoms with Gasteiger partial charge < -0.3 is 9.88 Å². The van der Waals surface area contributed by atoms with Crippen molar-refractivity contribution in [3.63, 3.8) is 0 Å². The minimum Gasteiger partial charge on any atom is -0.314 e. The van der Waals surface area contributed by atoms with Crippen molar-refractivity contribution in [3.05, 3.63) is 34.7 Å². The van der Waals surface area contributed by atoms with E-state index in [0.29, 0.717) is 0 Å². The molecule has 1 aliphatic rings. The van der Waals surface area contributed by atoms with E-state index in [0.717, 1.165) is 32.6 Å². The van der Waals surface area contributed by atoms with Crippen LogP contribution in [0.3, 0.4) is 0 Å². The molecule has 0 bridgehead atoms. The Morgan fingerprint density at radius 3 is 2.65 bits per heavy atom. The van der Waals surface area contributed by atoms with Crippen molar-refractivity contribution in [2.75, 3.05) is 19.6 Å². The summed E-state index contributed by atoms with van der Waals surface area (Å²) < 4.78 is 1.79. The van der Waals surface area contributed by atoms with Crippen LogP contribution in [-0.4, -0.2) is 40.2 Å². The van der Waals surface area contributed by atoms with Gasteiger partial charge in [0.05, 0.1) is 0 Å². The third-order valence-electron chi connectivity index (χ3n) is 4.63. The first-order chi connectivity index (χ1) is 9.36. The third-order valence-corrected chi connectivity index (χ3v) is 4.63. The molecule has 1 unspecified atom stereocenters. The number of nitrogens with zero attached hydrogens (tertiary/aromatic N) is 2. The maximum atomic E-state index is 11.8. The lowest BCUT2D eigenvalue weighted by Crippen LogP contribution is -2.67. The van der Waals surface area contributed by atoms with Crippen LogP contribution in [0, 0.1) is 0 Å². The number of nitrogens with one attached hydrogen (secondary N) is 1. The van der Waals surface area contributed by atoms with Crippen LogP contribution >= 0.6 is 0 Å². The van der Waals surface area contributed by atoms with E-state index >= 15 is 0 Å². The van der Waals surface area contributed by atoms with Gasteiger partial charge in [-0.05, 0) is 33.3 Å². The molecule has 0 aromatic carbocycles. The molecule has 4 nitrogen and oxygen atoms in total. The number of hydrogen-bond donors (Lipinski definition) is 1. The van der Waals surface area contributed by atoms with Crippen LogP contribution < -0.4 is 10.9 Å². The van der Waals surface area contributed by atoms with Crippen molar-refractivity contribution >= 4 is 0 Å². The lowest BCUT2D eigenvalue weighted by molar-refractivity contribution is 0.0285. The average Bonchev–Trinajstić information content (AvgIpc) is 2.42. The second-order valence-electron chi connectivity index (χ2n) is 6.73. The Bertz CT molecular complexity index is 508. The predicted octanol–water partition coefficient (Wildman–Crippen LogP) is 1.70. The fourth-order valence-corrected chi connectivity index (χ4v) is 2.73. The van der Waals surface area contributed by atoms with E-state index in [1.54, 1.807) is 16.7 Å². The SMILES string of the molecule is CCC1(C)CN(CCn2ccccc2=O)C(C)(C)CN1. The van der Waals surface area contributed by atoms with Gasteiger partial charge in [-0.15, -0.1) is 0 Å². The molecular weight excluding hydrogens is 250 g/mol. The smallest absolute Gasteiger partial charge is 0.250 e. The first kappa shape index (κ1) is 15.3. The van der Waals surface area contributed by atoms with Gasteiger partial charge in [0.1, 0.15) is 0 Å². The molecule has 0 spiro atoms. The highest BCUT2D eigenvalue weighted by molar-refractivity contribution is 4.99. The van der Waals surface area contributed by atoms with Crippen LogP contribution in [0.4, 0.5) is 0 Å². The highest BCUT2D eigenvalue weighted by Gasteiger charge is 2.38. The van der Waals surface area contributed by atoms with E-state index < -0.39 is 0 Å². The lowest BCUT2D eigenvalue weighted by Gasteiger charge is -2.50. The second kappa shape index (κ2) is 5.70. The van der Waals surface area contributed by atoms with Gasteiger partial charge in [-0.25, -0.2) is 0 Å². The minimum absolute atomic E-state index is 0.0821. The molecule has 112 valence electrons. The number of aromatic nitrogens is 1. The molecular formula is C16H27N3O. The summed E-state index contributed by atoms with van der Waals surface area (Å²) in [4.78, 5) is 14.3. The Morgan fingerprint density at radius 1 is 1.25 bits per heavy atom. The summed E-state index contributed by atoms with van der Waals surface area (Å²) >= 11 is 0. The first-order valence-electron chi connectivity index (χ1n) is 7.52. The zero-order valence-electron chi connectivity index (χ0n) is 13.1. The molecule has 1 aliphatic heterocycles. The molecule has 1 aromatic rings. The molecule has 1 atom stereocenters. The van der Waals surface area contributed by atoms with E-state index in [9.17, 15) is 4.79 Å². The van der Waals surface area contributed by atoms with Crippen molar-refractivity contribution in [2.24, 2.45) is 0 Å². The van der Waals surface area contributed by atoms with Crippen molar-refractivity contribution < 1.29 is 0 Å². The molecule has 1 saturated heterocycles. The van der Waals surface area contributed by atoms with Crippen molar-refractivity contribution in [2.45, 2.75) is 51.7 Å². The monoisotopic (exact) mass is 277 g/mol. The largest absolute Gasteiger partial charge is 0.314 e. The quantitative estimate of drug-likeness (QED) is 0.910. The third kappa shape index (κ3) is 3.30. The summed E-state index contributed by atoms with van der Waals surface area (Å²) in [6, 6.07) is 5.33. The van der Waals surface area contributed by atoms with E-state index in [1.807, 2.05) is 12.3 Å². The Kier molecular flexibility index (Phi) is 4.35. The summed E-state index contributed by atoms with van der Waals surface area (Å²) in [6.07, 6.45) is 2.99. The van der Waals surface area contributed by atoms with Gasteiger partial charge >= 0.3 is 0 Å². The second-order valence-corrected chi connectivity index (χ2v) is 6.73. The maximum Gasteiger partial charge on any atom is 0.250 e. The van der Waals surface area contributed by atoms with Crippen LogP contribution in [0.15, 0.2) is 29.2 Å². The molecule has 0 saturated carbocycles. The Morgan fingerprint density at radius 2 is 2.00 bits per heavy atom. The molecule has 2 rings (SSSR count). The summed E-state index contributed by atoms with van der Waals surface area (Å²) in [5, 5.41) is 3.66. The van der Waals surface area contributed by atoms with Gasteiger partial charge in [-0.2, -0.15) is 0 Å². The summed E-state index contributed by atoms with van der Waals surface area (Å²) in [7, 11) is 0. The number of hydrogen-bond acceptors (Lipinski definition) is 3. The Hall–Kier alpha value is -1.13. The molecule has 1 N–H and O–H groups in total. The zero-order chi connectivity index (χ0) is 14.8. The predicted molar refractivity (Wildman–Crippen MR) is 83.1 cm³/mol. The fraction of sp³-hybridized carbons (Fsp3) is 0.688. The standard InChI is InChI=1S/C16H27N3O/c1-5-16(4)13-19(15(2,3)12-17-16)11-10-18-9-7-6-8-14(18)20/h6-9,17H,5,10-13H2,1-4H3. The molecule has 20 heavy (non-hydrogen) atoms. The summed E-state index contributed by atoms with van der Waals surface area (Å²) in [5.74, 6) is 0. The van der Waals surface area contributed by atoms with Gasteiger partial charge in [0, 0.05) is 49.5 Å².